The van der Waals surface area contributed by atoms with Gasteiger partial charge >= 0.3 is 0 Å². The molecule has 0 radical (unpaired) electrons. The topological polar surface area (TPSA) is 15.3 Å². The first-order valence-electron chi connectivity index (χ1n) is 7.37. The minimum Gasteiger partial charge on any atom is -0.307 e. The van der Waals surface area contributed by atoms with Crippen molar-refractivity contribution < 1.29 is 8.78 Å². The van der Waals surface area contributed by atoms with Gasteiger partial charge in [-0.25, -0.2) is 8.78 Å². The zero-order valence-electron chi connectivity index (χ0n) is 12.5. The molecule has 0 saturated carbocycles. The third-order valence-electron chi connectivity index (χ3n) is 4.42. The standard InChI is InChI=1S/C16H24F2N2/c1-11(13-7-9-20(3)10-8-13)19-12(2)16-14(17)5-4-6-15(16)18/h4-6,11-13,19H,7-10H2,1-3H3. The van der Waals surface area contributed by atoms with Gasteiger partial charge < -0.3 is 10.2 Å². The summed E-state index contributed by atoms with van der Waals surface area (Å²) in [5, 5.41) is 3.36. The first kappa shape index (κ1) is 15.4. The van der Waals surface area contributed by atoms with E-state index in [-0.39, 0.29) is 17.6 Å². The number of hydrogen-bond acceptors (Lipinski definition) is 2. The maximum absolute atomic E-state index is 13.8. The highest BCUT2D eigenvalue weighted by atomic mass is 19.1. The second-order valence-corrected chi connectivity index (χ2v) is 5.95. The lowest BCUT2D eigenvalue weighted by atomic mass is 9.89. The van der Waals surface area contributed by atoms with Crippen LogP contribution in [0.2, 0.25) is 0 Å². The third-order valence-corrected chi connectivity index (χ3v) is 4.42. The molecular formula is C16H24F2N2. The molecule has 1 heterocycles. The lowest BCUT2D eigenvalue weighted by Gasteiger charge is -2.34. The fourth-order valence-electron chi connectivity index (χ4n) is 3.07. The van der Waals surface area contributed by atoms with Gasteiger partial charge in [0.2, 0.25) is 0 Å². The number of piperidine rings is 1. The molecule has 4 heteroatoms. The molecule has 0 aliphatic carbocycles. The number of likely N-dealkylation sites (tertiary alicyclic amines) is 1. The highest BCUT2D eigenvalue weighted by Gasteiger charge is 2.25. The average molecular weight is 282 g/mol. The molecule has 0 bridgehead atoms. The second-order valence-electron chi connectivity index (χ2n) is 5.95. The van der Waals surface area contributed by atoms with E-state index in [1.54, 1.807) is 0 Å². The first-order chi connectivity index (χ1) is 9.49. The summed E-state index contributed by atoms with van der Waals surface area (Å²) in [5.74, 6) is -0.371. The van der Waals surface area contributed by atoms with Crippen LogP contribution in [0.25, 0.3) is 0 Å². The molecule has 0 spiro atoms. The largest absolute Gasteiger partial charge is 0.307 e. The van der Waals surface area contributed by atoms with Crippen LogP contribution in [0, 0.1) is 17.6 Å². The number of halogens is 2. The molecular weight excluding hydrogens is 258 g/mol. The summed E-state index contributed by atoms with van der Waals surface area (Å²) in [6.07, 6.45) is 2.27. The van der Waals surface area contributed by atoms with Crippen LogP contribution in [0.1, 0.15) is 38.3 Å². The smallest absolute Gasteiger partial charge is 0.130 e. The molecule has 1 aromatic carbocycles. The van der Waals surface area contributed by atoms with Crippen molar-refractivity contribution in [1.82, 2.24) is 10.2 Å². The number of nitrogens with zero attached hydrogens (tertiary/aromatic N) is 1. The van der Waals surface area contributed by atoms with E-state index >= 15 is 0 Å². The van der Waals surface area contributed by atoms with Crippen LogP contribution in [0.3, 0.4) is 0 Å². The highest BCUT2D eigenvalue weighted by Crippen LogP contribution is 2.24. The van der Waals surface area contributed by atoms with E-state index < -0.39 is 11.6 Å². The normalized spacial score (nSPS) is 20.9. The molecule has 1 saturated heterocycles. The predicted octanol–water partition coefficient (Wildman–Crippen LogP) is 3.35. The van der Waals surface area contributed by atoms with E-state index in [4.69, 9.17) is 0 Å². The van der Waals surface area contributed by atoms with Crippen molar-refractivity contribution in [3.63, 3.8) is 0 Å². The highest BCUT2D eigenvalue weighted by molar-refractivity contribution is 5.22. The van der Waals surface area contributed by atoms with E-state index in [1.165, 1.54) is 18.2 Å². The lowest BCUT2D eigenvalue weighted by Crippen LogP contribution is -2.41. The van der Waals surface area contributed by atoms with Crippen LogP contribution in [-0.2, 0) is 0 Å². The molecule has 2 unspecified atom stereocenters. The van der Waals surface area contributed by atoms with E-state index in [0.717, 1.165) is 25.9 Å². The minimum atomic E-state index is -0.472. The molecule has 1 aromatic rings. The Morgan fingerprint density at radius 1 is 1.15 bits per heavy atom. The van der Waals surface area contributed by atoms with Crippen molar-refractivity contribution in [2.75, 3.05) is 20.1 Å². The second kappa shape index (κ2) is 6.64. The zero-order chi connectivity index (χ0) is 14.7. The minimum absolute atomic E-state index is 0.146. The van der Waals surface area contributed by atoms with Crippen LogP contribution in [-0.4, -0.2) is 31.1 Å². The van der Waals surface area contributed by atoms with Crippen molar-refractivity contribution in [3.05, 3.63) is 35.4 Å². The number of hydrogen-bond donors (Lipinski definition) is 1. The van der Waals surface area contributed by atoms with Crippen LogP contribution >= 0.6 is 0 Å². The average Bonchev–Trinajstić information content (AvgIpc) is 2.39. The molecule has 112 valence electrons. The van der Waals surface area contributed by atoms with Crippen LogP contribution in [0.4, 0.5) is 8.78 Å². The van der Waals surface area contributed by atoms with Gasteiger partial charge in [0, 0.05) is 17.6 Å². The Labute approximate surface area is 120 Å². The predicted molar refractivity (Wildman–Crippen MR) is 77.6 cm³/mol. The molecule has 1 aliphatic rings. The summed E-state index contributed by atoms with van der Waals surface area (Å²) in [6.45, 7) is 6.14. The summed E-state index contributed by atoms with van der Waals surface area (Å²) >= 11 is 0. The SMILES string of the molecule is CC(NC(C)C1CCN(C)CC1)c1c(F)cccc1F. The van der Waals surface area contributed by atoms with Crippen molar-refractivity contribution in [1.29, 1.82) is 0 Å². The van der Waals surface area contributed by atoms with E-state index in [1.807, 2.05) is 6.92 Å². The Bertz CT molecular complexity index is 422. The Kier molecular flexibility index (Phi) is 5.11. The maximum Gasteiger partial charge on any atom is 0.130 e. The number of benzene rings is 1. The molecule has 1 N–H and O–H groups in total. The van der Waals surface area contributed by atoms with Gasteiger partial charge in [-0.1, -0.05) is 6.07 Å². The van der Waals surface area contributed by atoms with E-state index in [0.29, 0.717) is 5.92 Å². The number of nitrogens with one attached hydrogen (secondary N) is 1. The van der Waals surface area contributed by atoms with E-state index in [2.05, 4.69) is 24.2 Å². The fraction of sp³-hybridized carbons (Fsp3) is 0.625. The molecule has 1 aliphatic heterocycles. The van der Waals surface area contributed by atoms with Crippen molar-refractivity contribution in [2.24, 2.45) is 5.92 Å². The van der Waals surface area contributed by atoms with Gasteiger partial charge in [0.25, 0.3) is 0 Å². The lowest BCUT2D eigenvalue weighted by molar-refractivity contribution is 0.184. The van der Waals surface area contributed by atoms with Crippen LogP contribution in [0.15, 0.2) is 18.2 Å². The molecule has 0 aromatic heterocycles. The molecule has 0 amide bonds. The Morgan fingerprint density at radius 3 is 2.25 bits per heavy atom. The summed E-state index contributed by atoms with van der Waals surface area (Å²) in [7, 11) is 2.13. The van der Waals surface area contributed by atoms with Gasteiger partial charge in [0.15, 0.2) is 0 Å². The Morgan fingerprint density at radius 2 is 1.70 bits per heavy atom. The monoisotopic (exact) mass is 282 g/mol. The molecule has 2 atom stereocenters. The molecule has 2 nitrogen and oxygen atoms in total. The van der Waals surface area contributed by atoms with Crippen molar-refractivity contribution in [3.8, 4) is 0 Å². The van der Waals surface area contributed by atoms with Gasteiger partial charge in [0.05, 0.1) is 0 Å². The first-order valence-corrected chi connectivity index (χ1v) is 7.37. The summed E-state index contributed by atoms with van der Waals surface area (Å²) in [5.41, 5.74) is 0.146. The molecule has 20 heavy (non-hydrogen) atoms. The Hall–Kier alpha value is -1.00. The molecule has 1 fully saturated rings. The number of rotatable bonds is 4. The van der Waals surface area contributed by atoms with Gasteiger partial charge in [-0.2, -0.15) is 0 Å². The summed E-state index contributed by atoms with van der Waals surface area (Å²) < 4.78 is 27.5. The van der Waals surface area contributed by atoms with Gasteiger partial charge in [-0.05, 0) is 64.9 Å². The summed E-state index contributed by atoms with van der Waals surface area (Å²) in [4.78, 5) is 2.32. The zero-order valence-corrected chi connectivity index (χ0v) is 12.5. The summed E-state index contributed by atoms with van der Waals surface area (Å²) in [6, 6.07) is 3.98. The van der Waals surface area contributed by atoms with Crippen LogP contribution in [0.5, 0.6) is 0 Å². The quantitative estimate of drug-likeness (QED) is 0.911. The third kappa shape index (κ3) is 3.55. The maximum atomic E-state index is 13.8. The van der Waals surface area contributed by atoms with Gasteiger partial charge in [-0.15, -0.1) is 0 Å². The van der Waals surface area contributed by atoms with E-state index in [9.17, 15) is 8.78 Å². The van der Waals surface area contributed by atoms with Crippen molar-refractivity contribution >= 4 is 0 Å². The van der Waals surface area contributed by atoms with Gasteiger partial charge in [-0.3, -0.25) is 0 Å². The Balaban J connectivity index is 1.98. The van der Waals surface area contributed by atoms with Crippen LogP contribution < -0.4 is 5.32 Å². The van der Waals surface area contributed by atoms with Gasteiger partial charge in [0.1, 0.15) is 11.6 Å². The molecule has 2 rings (SSSR count). The fourth-order valence-corrected chi connectivity index (χ4v) is 3.07. The van der Waals surface area contributed by atoms with Crippen molar-refractivity contribution in [2.45, 2.75) is 38.8 Å².